The van der Waals surface area contributed by atoms with Gasteiger partial charge in [-0.1, -0.05) is 48.5 Å². The molecule has 2 atom stereocenters. The van der Waals surface area contributed by atoms with Crippen LogP contribution in [-0.2, 0) is 11.3 Å². The van der Waals surface area contributed by atoms with Crippen molar-refractivity contribution in [1.82, 2.24) is 4.90 Å². The molecule has 0 aliphatic carbocycles. The van der Waals surface area contributed by atoms with E-state index in [0.29, 0.717) is 11.9 Å². The number of piperazine rings is 1. The van der Waals surface area contributed by atoms with E-state index in [2.05, 4.69) is 64.4 Å². The molecule has 0 spiro atoms. The van der Waals surface area contributed by atoms with Gasteiger partial charge in [-0.15, -0.1) is 11.8 Å². The van der Waals surface area contributed by atoms with E-state index in [-0.39, 0.29) is 11.9 Å². The molecular formula is C29H33FN2OS. The monoisotopic (exact) mass is 476 g/mol. The summed E-state index contributed by atoms with van der Waals surface area (Å²) in [5, 5.41) is 0.594. The second kappa shape index (κ2) is 11.4. The summed E-state index contributed by atoms with van der Waals surface area (Å²) in [4.78, 5) is 6.31. The Morgan fingerprint density at radius 2 is 1.59 bits per heavy atom. The van der Waals surface area contributed by atoms with Crippen molar-refractivity contribution in [3.63, 3.8) is 0 Å². The molecule has 178 valence electrons. The van der Waals surface area contributed by atoms with Gasteiger partial charge in [0.25, 0.3) is 0 Å². The third-order valence-corrected chi connectivity index (χ3v) is 8.28. The Morgan fingerprint density at radius 1 is 0.853 bits per heavy atom. The molecule has 0 amide bonds. The van der Waals surface area contributed by atoms with Crippen molar-refractivity contribution in [2.45, 2.75) is 42.1 Å². The van der Waals surface area contributed by atoms with Gasteiger partial charge in [-0.25, -0.2) is 4.39 Å². The minimum atomic E-state index is -0.168. The predicted molar refractivity (Wildman–Crippen MR) is 139 cm³/mol. The lowest BCUT2D eigenvalue weighted by molar-refractivity contribution is 0.0299. The lowest BCUT2D eigenvalue weighted by Gasteiger charge is -2.36. The summed E-state index contributed by atoms with van der Waals surface area (Å²) in [6.45, 7) is 5.96. The molecule has 1 saturated heterocycles. The summed E-state index contributed by atoms with van der Waals surface area (Å²) in [6, 6.07) is 26.1. The SMILES string of the molecule is Fc1ccc(N2CCN(CCCC3CC(OCc4ccccc4)c4ccccc4S3)CC2)cc1. The van der Waals surface area contributed by atoms with Crippen LogP contribution in [0.15, 0.2) is 83.8 Å². The third-order valence-electron chi connectivity index (χ3n) is 6.90. The van der Waals surface area contributed by atoms with Gasteiger partial charge in [0.05, 0.1) is 12.7 Å². The number of hydrogen-bond acceptors (Lipinski definition) is 4. The number of benzene rings is 3. The van der Waals surface area contributed by atoms with E-state index in [1.165, 1.54) is 28.9 Å². The average molecular weight is 477 g/mol. The molecule has 3 aromatic carbocycles. The zero-order chi connectivity index (χ0) is 23.2. The molecule has 1 fully saturated rings. The maximum absolute atomic E-state index is 13.2. The fourth-order valence-electron chi connectivity index (χ4n) is 4.98. The average Bonchev–Trinajstić information content (AvgIpc) is 2.89. The van der Waals surface area contributed by atoms with Crippen LogP contribution in [0, 0.1) is 5.82 Å². The van der Waals surface area contributed by atoms with Gasteiger partial charge >= 0.3 is 0 Å². The van der Waals surface area contributed by atoms with Gasteiger partial charge in [0.2, 0.25) is 0 Å². The number of thioether (sulfide) groups is 1. The molecule has 3 nitrogen and oxygen atoms in total. The first-order valence-corrected chi connectivity index (χ1v) is 13.3. The van der Waals surface area contributed by atoms with Gasteiger partial charge in [0.1, 0.15) is 5.82 Å². The van der Waals surface area contributed by atoms with Crippen LogP contribution in [0.1, 0.15) is 36.5 Å². The smallest absolute Gasteiger partial charge is 0.123 e. The number of halogens is 1. The number of hydrogen-bond donors (Lipinski definition) is 0. The Bertz CT molecular complexity index is 1040. The largest absolute Gasteiger partial charge is 0.369 e. The van der Waals surface area contributed by atoms with Gasteiger partial charge in [-0.05, 0) is 67.3 Å². The van der Waals surface area contributed by atoms with E-state index >= 15 is 0 Å². The van der Waals surface area contributed by atoms with Gasteiger partial charge in [0, 0.05) is 42.0 Å². The Morgan fingerprint density at radius 3 is 2.38 bits per heavy atom. The van der Waals surface area contributed by atoms with Crippen LogP contribution in [0.2, 0.25) is 0 Å². The van der Waals surface area contributed by atoms with Gasteiger partial charge in [0.15, 0.2) is 0 Å². The summed E-state index contributed by atoms with van der Waals surface area (Å²) in [6.07, 6.45) is 3.67. The predicted octanol–water partition coefficient (Wildman–Crippen LogP) is 6.55. The number of ether oxygens (including phenoxy) is 1. The van der Waals surface area contributed by atoms with Crippen LogP contribution in [0.25, 0.3) is 0 Å². The van der Waals surface area contributed by atoms with E-state index in [1.807, 2.05) is 23.9 Å². The maximum atomic E-state index is 13.2. The van der Waals surface area contributed by atoms with E-state index in [0.717, 1.165) is 44.8 Å². The molecule has 0 bridgehead atoms. The Kier molecular flexibility index (Phi) is 7.84. The summed E-state index contributed by atoms with van der Waals surface area (Å²) < 4.78 is 19.6. The zero-order valence-corrected chi connectivity index (χ0v) is 20.4. The molecule has 0 saturated carbocycles. The summed E-state index contributed by atoms with van der Waals surface area (Å²) in [7, 11) is 0. The molecule has 5 rings (SSSR count). The minimum Gasteiger partial charge on any atom is -0.369 e. The van der Waals surface area contributed by atoms with Crippen molar-refractivity contribution in [1.29, 1.82) is 0 Å². The van der Waals surface area contributed by atoms with E-state index in [1.54, 1.807) is 12.1 Å². The summed E-state index contributed by atoms with van der Waals surface area (Å²) in [5.74, 6) is -0.168. The summed E-state index contributed by atoms with van der Waals surface area (Å²) >= 11 is 2.03. The van der Waals surface area contributed by atoms with Crippen LogP contribution < -0.4 is 4.90 Å². The molecule has 2 aliphatic rings. The fraction of sp³-hybridized carbons (Fsp3) is 0.379. The standard InChI is InChI=1S/C29H33FN2OS/c30-24-12-14-25(15-13-24)32-19-17-31(18-20-32)16-6-9-26-21-28(27-10-4-5-11-29(27)34-26)33-22-23-7-2-1-3-8-23/h1-5,7-8,10-15,26,28H,6,9,16-22H2. The van der Waals surface area contributed by atoms with Gasteiger partial charge in [-0.2, -0.15) is 0 Å². The lowest BCUT2D eigenvalue weighted by Crippen LogP contribution is -2.46. The molecule has 2 heterocycles. The van der Waals surface area contributed by atoms with E-state index in [4.69, 9.17) is 4.74 Å². The second-order valence-corrected chi connectivity index (χ2v) is 10.6. The highest BCUT2D eigenvalue weighted by Gasteiger charge is 2.28. The zero-order valence-electron chi connectivity index (χ0n) is 19.6. The van der Waals surface area contributed by atoms with Crippen LogP contribution in [0.3, 0.4) is 0 Å². The topological polar surface area (TPSA) is 15.7 Å². The Labute approximate surface area is 206 Å². The van der Waals surface area contributed by atoms with Crippen molar-refractivity contribution < 1.29 is 9.13 Å². The first kappa shape index (κ1) is 23.4. The van der Waals surface area contributed by atoms with Crippen molar-refractivity contribution >= 4 is 17.4 Å². The van der Waals surface area contributed by atoms with E-state index < -0.39 is 0 Å². The molecule has 3 aromatic rings. The molecule has 0 radical (unpaired) electrons. The minimum absolute atomic E-state index is 0.168. The van der Waals surface area contributed by atoms with Crippen LogP contribution >= 0.6 is 11.8 Å². The fourth-order valence-corrected chi connectivity index (χ4v) is 6.38. The van der Waals surface area contributed by atoms with Crippen molar-refractivity contribution in [2.75, 3.05) is 37.6 Å². The Hall–Kier alpha value is -2.34. The first-order valence-electron chi connectivity index (χ1n) is 12.4. The molecular weight excluding hydrogens is 443 g/mol. The van der Waals surface area contributed by atoms with Crippen molar-refractivity contribution in [3.8, 4) is 0 Å². The molecule has 5 heteroatoms. The maximum Gasteiger partial charge on any atom is 0.123 e. The second-order valence-electron chi connectivity index (χ2n) is 9.25. The van der Waals surface area contributed by atoms with Crippen molar-refractivity contribution in [2.24, 2.45) is 0 Å². The highest BCUT2D eigenvalue weighted by Crippen LogP contribution is 2.44. The van der Waals surface area contributed by atoms with Crippen LogP contribution in [0.5, 0.6) is 0 Å². The first-order chi connectivity index (χ1) is 16.7. The van der Waals surface area contributed by atoms with Crippen molar-refractivity contribution in [3.05, 3.63) is 95.8 Å². The highest BCUT2D eigenvalue weighted by molar-refractivity contribution is 8.00. The molecule has 34 heavy (non-hydrogen) atoms. The van der Waals surface area contributed by atoms with Crippen LogP contribution in [0.4, 0.5) is 10.1 Å². The van der Waals surface area contributed by atoms with Gasteiger partial charge < -0.3 is 9.64 Å². The third kappa shape index (κ3) is 6.01. The molecule has 2 aliphatic heterocycles. The number of fused-ring (bicyclic) bond motifs is 1. The molecule has 0 N–H and O–H groups in total. The highest BCUT2D eigenvalue weighted by atomic mass is 32.2. The van der Waals surface area contributed by atoms with E-state index in [9.17, 15) is 4.39 Å². The normalized spacial score (nSPS) is 20.8. The number of nitrogens with zero attached hydrogens (tertiary/aromatic N) is 2. The van der Waals surface area contributed by atoms with Gasteiger partial charge in [-0.3, -0.25) is 4.90 Å². The Balaban J connectivity index is 1.10. The molecule has 2 unspecified atom stereocenters. The molecule has 0 aromatic heterocycles. The number of anilines is 1. The number of rotatable bonds is 8. The quantitative estimate of drug-likeness (QED) is 0.366. The lowest BCUT2D eigenvalue weighted by atomic mass is 10.0. The van der Waals surface area contributed by atoms with Crippen LogP contribution in [-0.4, -0.2) is 42.9 Å². The summed E-state index contributed by atoms with van der Waals surface area (Å²) in [5.41, 5.74) is 3.70.